The van der Waals surface area contributed by atoms with Crippen molar-refractivity contribution in [2.24, 2.45) is 0 Å². The molecule has 1 aromatic heterocycles. The Morgan fingerprint density at radius 2 is 1.79 bits per heavy atom. The highest BCUT2D eigenvalue weighted by molar-refractivity contribution is 6.21. The molecule has 0 spiro atoms. The predicted octanol–water partition coefficient (Wildman–Crippen LogP) is 0.972. The molecule has 94 valence electrons. The van der Waals surface area contributed by atoms with E-state index in [1.165, 1.54) is 6.33 Å². The van der Waals surface area contributed by atoms with E-state index in [0.29, 0.717) is 17.7 Å². The Balaban J connectivity index is 1.78. The van der Waals surface area contributed by atoms with Gasteiger partial charge in [0.25, 0.3) is 11.8 Å². The van der Waals surface area contributed by atoms with Gasteiger partial charge in [0.15, 0.2) is 0 Å². The molecular formula is C13H10N4O2. The summed E-state index contributed by atoms with van der Waals surface area (Å²) < 4.78 is 0. The predicted molar refractivity (Wildman–Crippen MR) is 67.6 cm³/mol. The molecule has 0 bridgehead atoms. The van der Waals surface area contributed by atoms with Crippen LogP contribution in [-0.4, -0.2) is 21.8 Å². The molecule has 2 heterocycles. The molecular weight excluding hydrogens is 244 g/mol. The van der Waals surface area contributed by atoms with Crippen LogP contribution < -0.4 is 10.6 Å². The number of rotatable bonds is 3. The van der Waals surface area contributed by atoms with Gasteiger partial charge in [0.1, 0.15) is 6.33 Å². The zero-order chi connectivity index (χ0) is 13.2. The van der Waals surface area contributed by atoms with Crippen molar-refractivity contribution in [1.82, 2.24) is 15.3 Å². The van der Waals surface area contributed by atoms with Crippen molar-refractivity contribution in [2.75, 3.05) is 5.32 Å². The summed E-state index contributed by atoms with van der Waals surface area (Å²) in [6, 6.07) is 5.07. The van der Waals surface area contributed by atoms with E-state index >= 15 is 0 Å². The van der Waals surface area contributed by atoms with Crippen LogP contribution in [0.4, 0.5) is 5.69 Å². The molecule has 0 saturated heterocycles. The summed E-state index contributed by atoms with van der Waals surface area (Å²) in [6.45, 7) is 0.551. The van der Waals surface area contributed by atoms with E-state index in [-0.39, 0.29) is 11.8 Å². The Kier molecular flexibility index (Phi) is 2.68. The molecule has 3 rings (SSSR count). The normalized spacial score (nSPS) is 13.1. The van der Waals surface area contributed by atoms with E-state index in [1.54, 1.807) is 30.6 Å². The van der Waals surface area contributed by atoms with Gasteiger partial charge in [-0.1, -0.05) is 0 Å². The Bertz CT molecular complexity index is 655. The number of nitrogens with zero attached hydrogens (tertiary/aromatic N) is 2. The Hall–Kier alpha value is -2.76. The van der Waals surface area contributed by atoms with Crippen LogP contribution in [0, 0.1) is 0 Å². The second-order valence-electron chi connectivity index (χ2n) is 4.14. The second kappa shape index (κ2) is 4.49. The van der Waals surface area contributed by atoms with Crippen molar-refractivity contribution < 1.29 is 9.59 Å². The van der Waals surface area contributed by atoms with E-state index in [1.807, 2.05) is 0 Å². The first-order valence-corrected chi connectivity index (χ1v) is 5.71. The molecule has 2 N–H and O–H groups in total. The highest BCUT2D eigenvalue weighted by atomic mass is 16.2. The maximum atomic E-state index is 11.5. The molecule has 1 aliphatic heterocycles. The molecule has 0 saturated carbocycles. The molecule has 2 amide bonds. The number of hydrogen-bond acceptors (Lipinski definition) is 5. The summed E-state index contributed by atoms with van der Waals surface area (Å²) in [5, 5.41) is 5.41. The van der Waals surface area contributed by atoms with Crippen LogP contribution in [0.25, 0.3) is 0 Å². The first-order chi connectivity index (χ1) is 9.24. The average molecular weight is 254 g/mol. The molecule has 1 aliphatic rings. The fourth-order valence-electron chi connectivity index (χ4n) is 1.90. The van der Waals surface area contributed by atoms with E-state index in [0.717, 1.165) is 11.3 Å². The summed E-state index contributed by atoms with van der Waals surface area (Å²) in [5.41, 5.74) is 2.52. The van der Waals surface area contributed by atoms with Gasteiger partial charge >= 0.3 is 0 Å². The molecule has 2 aromatic rings. The van der Waals surface area contributed by atoms with Crippen LogP contribution in [0.15, 0.2) is 36.9 Å². The monoisotopic (exact) mass is 254 g/mol. The largest absolute Gasteiger partial charge is 0.381 e. The third kappa shape index (κ3) is 2.15. The molecule has 0 aliphatic carbocycles. The number of amides is 2. The Labute approximate surface area is 108 Å². The third-order valence-electron chi connectivity index (χ3n) is 2.85. The first-order valence-electron chi connectivity index (χ1n) is 5.71. The van der Waals surface area contributed by atoms with Gasteiger partial charge in [0.2, 0.25) is 0 Å². The fraction of sp³-hybridized carbons (Fsp3) is 0.0769. The standard InChI is InChI=1S/C13H10N4O2/c18-12-10-2-1-9(3-11(10)13(19)17-12)16-6-8-4-14-7-15-5-8/h1-5,7,16H,6H2,(H,17,18,19). The van der Waals surface area contributed by atoms with Gasteiger partial charge in [-0.2, -0.15) is 0 Å². The van der Waals surface area contributed by atoms with E-state index < -0.39 is 0 Å². The lowest BCUT2D eigenvalue weighted by Gasteiger charge is -2.06. The number of anilines is 1. The zero-order valence-electron chi connectivity index (χ0n) is 9.88. The maximum Gasteiger partial charge on any atom is 0.259 e. The molecule has 6 nitrogen and oxygen atoms in total. The van der Waals surface area contributed by atoms with Crippen molar-refractivity contribution >= 4 is 17.5 Å². The van der Waals surface area contributed by atoms with Crippen molar-refractivity contribution in [2.45, 2.75) is 6.54 Å². The summed E-state index contributed by atoms with van der Waals surface area (Å²) in [5.74, 6) is -0.699. The highest BCUT2D eigenvalue weighted by Gasteiger charge is 2.26. The highest BCUT2D eigenvalue weighted by Crippen LogP contribution is 2.20. The van der Waals surface area contributed by atoms with Gasteiger partial charge in [0, 0.05) is 30.2 Å². The average Bonchev–Trinajstić information content (AvgIpc) is 2.73. The van der Waals surface area contributed by atoms with Crippen LogP contribution >= 0.6 is 0 Å². The van der Waals surface area contributed by atoms with Crippen LogP contribution in [0.5, 0.6) is 0 Å². The van der Waals surface area contributed by atoms with Crippen LogP contribution in [0.2, 0.25) is 0 Å². The lowest BCUT2D eigenvalue weighted by atomic mass is 10.1. The topological polar surface area (TPSA) is 84.0 Å². The maximum absolute atomic E-state index is 11.5. The fourth-order valence-corrected chi connectivity index (χ4v) is 1.90. The van der Waals surface area contributed by atoms with Crippen LogP contribution in [0.3, 0.4) is 0 Å². The molecule has 0 unspecified atom stereocenters. The van der Waals surface area contributed by atoms with Gasteiger partial charge in [0.05, 0.1) is 11.1 Å². The van der Waals surface area contributed by atoms with Crippen molar-refractivity contribution in [3.8, 4) is 0 Å². The van der Waals surface area contributed by atoms with Crippen molar-refractivity contribution in [1.29, 1.82) is 0 Å². The minimum absolute atomic E-state index is 0.344. The lowest BCUT2D eigenvalue weighted by Crippen LogP contribution is -2.19. The van der Waals surface area contributed by atoms with Gasteiger partial charge in [-0.3, -0.25) is 14.9 Å². The number of aromatic nitrogens is 2. The van der Waals surface area contributed by atoms with Crippen molar-refractivity contribution in [3.05, 3.63) is 53.6 Å². The SMILES string of the molecule is O=C1NC(=O)c2cc(NCc3cncnc3)ccc21. The number of hydrogen-bond donors (Lipinski definition) is 2. The molecule has 0 fully saturated rings. The number of carbonyl (C=O) groups is 2. The zero-order valence-corrected chi connectivity index (χ0v) is 9.88. The molecule has 1 aromatic carbocycles. The summed E-state index contributed by atoms with van der Waals surface area (Å²) >= 11 is 0. The van der Waals surface area contributed by atoms with Gasteiger partial charge in [-0.25, -0.2) is 9.97 Å². The smallest absolute Gasteiger partial charge is 0.259 e. The first kappa shape index (κ1) is 11.3. The van der Waals surface area contributed by atoms with Crippen molar-refractivity contribution in [3.63, 3.8) is 0 Å². The van der Waals surface area contributed by atoms with E-state index in [9.17, 15) is 9.59 Å². The summed E-state index contributed by atoms with van der Waals surface area (Å²) in [7, 11) is 0. The number of carbonyl (C=O) groups excluding carboxylic acids is 2. The number of imide groups is 1. The number of benzene rings is 1. The van der Waals surface area contributed by atoms with E-state index in [4.69, 9.17) is 0 Å². The third-order valence-corrected chi connectivity index (χ3v) is 2.85. The molecule has 0 atom stereocenters. The van der Waals surface area contributed by atoms with E-state index in [2.05, 4.69) is 20.6 Å². The Morgan fingerprint density at radius 1 is 1.05 bits per heavy atom. The summed E-state index contributed by atoms with van der Waals surface area (Å²) in [4.78, 5) is 30.8. The van der Waals surface area contributed by atoms with Gasteiger partial charge in [-0.05, 0) is 18.2 Å². The quantitative estimate of drug-likeness (QED) is 0.797. The van der Waals surface area contributed by atoms with Crippen LogP contribution in [0.1, 0.15) is 26.3 Å². The minimum atomic E-state index is -0.355. The lowest BCUT2D eigenvalue weighted by molar-refractivity contribution is 0.0879. The summed E-state index contributed by atoms with van der Waals surface area (Å²) in [6.07, 6.45) is 4.89. The number of nitrogens with one attached hydrogen (secondary N) is 2. The second-order valence-corrected chi connectivity index (χ2v) is 4.14. The molecule has 0 radical (unpaired) electrons. The number of fused-ring (bicyclic) bond motifs is 1. The molecule has 6 heteroatoms. The Morgan fingerprint density at radius 3 is 2.58 bits per heavy atom. The van der Waals surface area contributed by atoms with Crippen LogP contribution in [-0.2, 0) is 6.54 Å². The van der Waals surface area contributed by atoms with Gasteiger partial charge < -0.3 is 5.32 Å². The minimum Gasteiger partial charge on any atom is -0.381 e. The molecule has 19 heavy (non-hydrogen) atoms. The van der Waals surface area contributed by atoms with Gasteiger partial charge in [-0.15, -0.1) is 0 Å².